The van der Waals surface area contributed by atoms with Crippen LogP contribution < -0.4 is 0 Å². The lowest BCUT2D eigenvalue weighted by Crippen LogP contribution is -1.88. The molecule has 0 atom stereocenters. The first-order valence-electron chi connectivity index (χ1n) is 4.05. The van der Waals surface area contributed by atoms with Gasteiger partial charge in [0, 0.05) is 11.9 Å². The Hall–Kier alpha value is -1.50. The van der Waals surface area contributed by atoms with Crippen LogP contribution in [0.15, 0.2) is 48.7 Å². The number of aromatic nitrogens is 1. The number of rotatable bonds is 2. The van der Waals surface area contributed by atoms with Gasteiger partial charge in [0.05, 0.1) is 0 Å². The second-order valence-electron chi connectivity index (χ2n) is 2.79. The highest BCUT2D eigenvalue weighted by molar-refractivity contribution is 5.22. The van der Waals surface area contributed by atoms with Crippen molar-refractivity contribution in [3.05, 3.63) is 59.9 Å². The molecule has 0 saturated heterocycles. The van der Waals surface area contributed by atoms with Gasteiger partial charge in [-0.15, -0.1) is 0 Å². The highest BCUT2D eigenvalue weighted by Gasteiger charge is 1.88. The molecule has 2 aromatic rings. The third-order valence-electron chi connectivity index (χ3n) is 1.84. The minimum absolute atomic E-state index is 0.938. The maximum Gasteiger partial charge on any atom is 0.0322 e. The fourth-order valence-electron chi connectivity index (χ4n) is 1.24. The lowest BCUT2D eigenvalue weighted by Gasteiger charge is -2.01. The van der Waals surface area contributed by atoms with Crippen molar-refractivity contribution in [2.45, 2.75) is 6.42 Å². The average Bonchev–Trinajstić information content (AvgIpc) is 2.59. The van der Waals surface area contributed by atoms with Gasteiger partial charge in [-0.25, -0.2) is 6.07 Å². The van der Waals surface area contributed by atoms with Crippen LogP contribution in [0, 0.1) is 0 Å². The van der Waals surface area contributed by atoms with E-state index < -0.39 is 0 Å². The van der Waals surface area contributed by atoms with Gasteiger partial charge < -0.3 is 0 Å². The van der Waals surface area contributed by atoms with E-state index in [1.165, 1.54) is 5.56 Å². The topological polar surface area (TPSA) is 12.9 Å². The summed E-state index contributed by atoms with van der Waals surface area (Å²) in [5.74, 6) is 0. The van der Waals surface area contributed by atoms with Gasteiger partial charge in [0.2, 0.25) is 0 Å². The molecule has 0 unspecified atom stereocenters. The van der Waals surface area contributed by atoms with Gasteiger partial charge in [0.25, 0.3) is 0 Å². The first kappa shape index (κ1) is 7.17. The van der Waals surface area contributed by atoms with Gasteiger partial charge in [-0.2, -0.15) is 23.8 Å². The summed E-state index contributed by atoms with van der Waals surface area (Å²) in [4.78, 5) is 4.25. The minimum Gasteiger partial charge on any atom is -0.262 e. The van der Waals surface area contributed by atoms with Crippen molar-refractivity contribution in [3.8, 4) is 0 Å². The molecule has 0 fully saturated rings. The maximum atomic E-state index is 4.25. The van der Waals surface area contributed by atoms with Gasteiger partial charge in [-0.1, -0.05) is 6.07 Å². The summed E-state index contributed by atoms with van der Waals surface area (Å²) in [6.07, 6.45) is 2.77. The third kappa shape index (κ3) is 1.56. The Balaban J connectivity index is 2.15. The monoisotopic (exact) mass is 156 g/mol. The van der Waals surface area contributed by atoms with E-state index in [-0.39, 0.29) is 0 Å². The van der Waals surface area contributed by atoms with Crippen LogP contribution in [0.3, 0.4) is 0 Å². The fraction of sp³-hybridized carbons (Fsp3) is 0.0909. The molecule has 1 aromatic carbocycles. The first-order valence-corrected chi connectivity index (χ1v) is 4.05. The van der Waals surface area contributed by atoms with Crippen molar-refractivity contribution in [2.24, 2.45) is 0 Å². The Morgan fingerprint density at radius 1 is 1.25 bits per heavy atom. The molecular weight excluding hydrogens is 146 g/mol. The summed E-state index contributed by atoms with van der Waals surface area (Å²) in [6.45, 7) is 0. The molecule has 0 N–H and O–H groups in total. The number of hydrogen-bond acceptors (Lipinski definition) is 1. The highest BCUT2D eigenvalue weighted by atomic mass is 14.7. The van der Waals surface area contributed by atoms with Crippen molar-refractivity contribution < 1.29 is 0 Å². The van der Waals surface area contributed by atoms with Crippen LogP contribution in [0.1, 0.15) is 11.3 Å². The standard InChI is InChI=1S/C11H10N/c1-2-6-10(5-1)9-11-7-3-4-8-12-11/h1-8H,9H2/q-1. The van der Waals surface area contributed by atoms with Crippen LogP contribution in [0.5, 0.6) is 0 Å². The molecule has 0 aliphatic heterocycles. The zero-order chi connectivity index (χ0) is 8.23. The zero-order valence-corrected chi connectivity index (χ0v) is 6.77. The molecule has 0 spiro atoms. The minimum atomic E-state index is 0.938. The number of hydrogen-bond donors (Lipinski definition) is 0. The Bertz CT molecular complexity index is 321. The molecule has 0 aliphatic carbocycles. The lowest BCUT2D eigenvalue weighted by atomic mass is 10.2. The largest absolute Gasteiger partial charge is 0.262 e. The summed E-state index contributed by atoms with van der Waals surface area (Å²) in [5, 5.41) is 0. The molecule has 1 aromatic heterocycles. The maximum absolute atomic E-state index is 4.25. The van der Waals surface area contributed by atoms with Crippen LogP contribution >= 0.6 is 0 Å². The van der Waals surface area contributed by atoms with Crippen LogP contribution in [0.25, 0.3) is 0 Å². The number of pyridine rings is 1. The predicted molar refractivity (Wildman–Crippen MR) is 49.1 cm³/mol. The highest BCUT2D eigenvalue weighted by Crippen LogP contribution is 2.06. The fourth-order valence-corrected chi connectivity index (χ4v) is 1.24. The molecule has 1 nitrogen and oxygen atoms in total. The predicted octanol–water partition coefficient (Wildman–Crippen LogP) is 2.39. The Labute approximate surface area is 72.1 Å². The van der Waals surface area contributed by atoms with E-state index in [0.29, 0.717) is 0 Å². The van der Waals surface area contributed by atoms with Crippen LogP contribution in [0.4, 0.5) is 0 Å². The van der Waals surface area contributed by atoms with Crippen molar-refractivity contribution in [1.29, 1.82) is 0 Å². The summed E-state index contributed by atoms with van der Waals surface area (Å²) in [6, 6.07) is 14.4. The van der Waals surface area contributed by atoms with Gasteiger partial charge in [0.15, 0.2) is 0 Å². The second-order valence-corrected chi connectivity index (χ2v) is 2.79. The molecule has 0 saturated carbocycles. The van der Waals surface area contributed by atoms with Crippen LogP contribution in [0.2, 0.25) is 0 Å². The quantitative estimate of drug-likeness (QED) is 0.608. The van der Waals surface area contributed by atoms with Crippen molar-refractivity contribution >= 4 is 0 Å². The molecule has 0 radical (unpaired) electrons. The van der Waals surface area contributed by atoms with E-state index in [1.807, 2.05) is 24.4 Å². The van der Waals surface area contributed by atoms with Gasteiger partial charge in [-0.05, 0) is 18.6 Å². The molecule has 12 heavy (non-hydrogen) atoms. The molecule has 60 valence electrons. The Morgan fingerprint density at radius 2 is 2.25 bits per heavy atom. The SMILES string of the molecule is c1ccc(Cc2cc[cH-]c2)nc1. The van der Waals surface area contributed by atoms with Crippen molar-refractivity contribution in [1.82, 2.24) is 4.98 Å². The molecule has 1 heterocycles. The van der Waals surface area contributed by atoms with E-state index in [9.17, 15) is 0 Å². The van der Waals surface area contributed by atoms with Gasteiger partial charge in [0.1, 0.15) is 0 Å². The van der Waals surface area contributed by atoms with Crippen LogP contribution in [-0.4, -0.2) is 4.98 Å². The van der Waals surface area contributed by atoms with E-state index >= 15 is 0 Å². The number of nitrogens with zero attached hydrogens (tertiary/aromatic N) is 1. The van der Waals surface area contributed by atoms with E-state index in [4.69, 9.17) is 0 Å². The van der Waals surface area contributed by atoms with Gasteiger partial charge in [-0.3, -0.25) is 4.98 Å². The molecule has 2 rings (SSSR count). The summed E-state index contributed by atoms with van der Waals surface area (Å²) < 4.78 is 0. The molecule has 0 bridgehead atoms. The smallest absolute Gasteiger partial charge is 0.0322 e. The van der Waals surface area contributed by atoms with E-state index in [2.05, 4.69) is 29.2 Å². The zero-order valence-electron chi connectivity index (χ0n) is 6.77. The molecule has 0 amide bonds. The van der Waals surface area contributed by atoms with E-state index in [1.54, 1.807) is 0 Å². The Kier molecular flexibility index (Phi) is 1.95. The normalized spacial score (nSPS) is 10.0. The van der Waals surface area contributed by atoms with Crippen molar-refractivity contribution in [2.75, 3.05) is 0 Å². The first-order chi connectivity index (χ1) is 5.95. The van der Waals surface area contributed by atoms with Crippen molar-refractivity contribution in [3.63, 3.8) is 0 Å². The van der Waals surface area contributed by atoms with E-state index in [0.717, 1.165) is 12.1 Å². The lowest BCUT2D eigenvalue weighted by molar-refractivity contribution is 1.08. The summed E-state index contributed by atoms with van der Waals surface area (Å²) in [5.41, 5.74) is 2.46. The Morgan fingerprint density at radius 3 is 2.92 bits per heavy atom. The molecule has 0 aliphatic rings. The second kappa shape index (κ2) is 3.26. The third-order valence-corrected chi connectivity index (χ3v) is 1.84. The van der Waals surface area contributed by atoms with Gasteiger partial charge >= 0.3 is 0 Å². The van der Waals surface area contributed by atoms with Crippen LogP contribution in [-0.2, 0) is 6.42 Å². The summed E-state index contributed by atoms with van der Waals surface area (Å²) >= 11 is 0. The molecular formula is C11H10N-. The summed E-state index contributed by atoms with van der Waals surface area (Å²) in [7, 11) is 0. The molecule has 1 heteroatoms. The average molecular weight is 156 g/mol.